The van der Waals surface area contributed by atoms with Crippen LogP contribution in [0.5, 0.6) is 11.5 Å². The van der Waals surface area contributed by atoms with Crippen LogP contribution in [-0.2, 0) is 14.4 Å². The first-order valence-electron chi connectivity index (χ1n) is 11.3. The molecule has 37 heavy (non-hydrogen) atoms. The van der Waals surface area contributed by atoms with Gasteiger partial charge in [0.05, 0.1) is 12.3 Å². The highest BCUT2D eigenvalue weighted by atomic mass is 19.1. The van der Waals surface area contributed by atoms with E-state index in [1.807, 2.05) is 6.92 Å². The van der Waals surface area contributed by atoms with Crippen molar-refractivity contribution in [3.8, 4) is 11.5 Å². The number of nitrogens with one attached hydrogen (secondary N) is 2. The van der Waals surface area contributed by atoms with E-state index in [0.717, 1.165) is 4.90 Å². The first-order chi connectivity index (χ1) is 17.8. The van der Waals surface area contributed by atoms with Gasteiger partial charge in [0.15, 0.2) is 6.61 Å². The quantitative estimate of drug-likeness (QED) is 0.356. The van der Waals surface area contributed by atoms with Crippen LogP contribution in [0, 0.1) is 5.82 Å². The summed E-state index contributed by atoms with van der Waals surface area (Å²) in [4.78, 5) is 50.7. The van der Waals surface area contributed by atoms with Crippen molar-refractivity contribution < 1.29 is 33.0 Å². The van der Waals surface area contributed by atoms with Gasteiger partial charge in [-0.25, -0.2) is 14.1 Å². The zero-order chi connectivity index (χ0) is 26.4. The van der Waals surface area contributed by atoms with Gasteiger partial charge in [0.2, 0.25) is 0 Å². The number of hydrogen-bond donors (Lipinski definition) is 2. The predicted octanol–water partition coefficient (Wildman–Crippen LogP) is 3.91. The molecular formula is C27H22FN3O6. The number of carbonyl (C=O) groups is 4. The van der Waals surface area contributed by atoms with Gasteiger partial charge in [0, 0.05) is 5.69 Å². The lowest BCUT2D eigenvalue weighted by Gasteiger charge is -2.26. The molecule has 3 aromatic rings. The van der Waals surface area contributed by atoms with E-state index in [4.69, 9.17) is 9.47 Å². The number of urea groups is 1. The largest absolute Gasteiger partial charge is 0.494 e. The van der Waals surface area contributed by atoms with Crippen molar-refractivity contribution in [2.45, 2.75) is 6.92 Å². The van der Waals surface area contributed by atoms with Crippen LogP contribution < -0.4 is 25.0 Å². The first kappa shape index (κ1) is 25.1. The lowest BCUT2D eigenvalue weighted by molar-refractivity contribution is -0.122. The fourth-order valence-electron chi connectivity index (χ4n) is 3.46. The average molecular weight is 503 g/mol. The molecule has 3 aromatic carbocycles. The molecule has 1 saturated heterocycles. The highest BCUT2D eigenvalue weighted by Gasteiger charge is 2.36. The Labute approximate surface area is 211 Å². The van der Waals surface area contributed by atoms with Gasteiger partial charge < -0.3 is 14.8 Å². The molecule has 9 nitrogen and oxygen atoms in total. The topological polar surface area (TPSA) is 114 Å². The normalized spacial score (nSPS) is 14.4. The molecule has 10 heteroatoms. The minimum atomic E-state index is -0.848. The third-order valence-corrected chi connectivity index (χ3v) is 5.20. The lowest BCUT2D eigenvalue weighted by Crippen LogP contribution is -2.54. The highest BCUT2D eigenvalue weighted by Crippen LogP contribution is 2.25. The lowest BCUT2D eigenvalue weighted by atomic mass is 10.1. The summed E-state index contributed by atoms with van der Waals surface area (Å²) >= 11 is 0. The molecule has 1 aliphatic rings. The molecule has 0 spiro atoms. The molecule has 188 valence electrons. The van der Waals surface area contributed by atoms with Gasteiger partial charge in [-0.15, -0.1) is 0 Å². The van der Waals surface area contributed by atoms with Gasteiger partial charge in [-0.1, -0.05) is 12.1 Å². The Morgan fingerprint density at radius 2 is 1.54 bits per heavy atom. The maximum atomic E-state index is 13.0. The summed E-state index contributed by atoms with van der Waals surface area (Å²) in [7, 11) is 0. The number of benzene rings is 3. The Balaban J connectivity index is 1.42. The third-order valence-electron chi connectivity index (χ3n) is 5.20. The van der Waals surface area contributed by atoms with Gasteiger partial charge in [-0.2, -0.15) is 0 Å². The van der Waals surface area contributed by atoms with Gasteiger partial charge in [-0.05, 0) is 79.2 Å². The zero-order valence-electron chi connectivity index (χ0n) is 19.7. The highest BCUT2D eigenvalue weighted by molar-refractivity contribution is 6.39. The maximum Gasteiger partial charge on any atom is 0.335 e. The molecular weight excluding hydrogens is 481 g/mol. The summed E-state index contributed by atoms with van der Waals surface area (Å²) in [6, 6.07) is 17.2. The Morgan fingerprint density at radius 3 is 2.19 bits per heavy atom. The van der Waals surface area contributed by atoms with E-state index in [0.29, 0.717) is 29.4 Å². The molecule has 0 bridgehead atoms. The van der Waals surface area contributed by atoms with Crippen molar-refractivity contribution in [3.63, 3.8) is 0 Å². The van der Waals surface area contributed by atoms with Crippen LogP contribution >= 0.6 is 0 Å². The molecule has 1 heterocycles. The first-order valence-corrected chi connectivity index (χ1v) is 11.3. The van der Waals surface area contributed by atoms with Gasteiger partial charge in [0.25, 0.3) is 17.7 Å². The second-order valence-corrected chi connectivity index (χ2v) is 7.80. The molecule has 4 rings (SSSR count). The van der Waals surface area contributed by atoms with Crippen molar-refractivity contribution in [2.75, 3.05) is 23.4 Å². The van der Waals surface area contributed by atoms with Gasteiger partial charge >= 0.3 is 6.03 Å². The van der Waals surface area contributed by atoms with Crippen LogP contribution in [0.2, 0.25) is 0 Å². The number of anilines is 2. The number of hydrogen-bond acceptors (Lipinski definition) is 6. The number of barbiturate groups is 1. The summed E-state index contributed by atoms with van der Waals surface area (Å²) in [6.07, 6.45) is 1.36. The molecule has 0 unspecified atom stereocenters. The van der Waals surface area contributed by atoms with E-state index in [-0.39, 0.29) is 17.9 Å². The zero-order valence-corrected chi connectivity index (χ0v) is 19.7. The number of amides is 5. The molecule has 0 aromatic heterocycles. The molecule has 0 atom stereocenters. The molecule has 0 saturated carbocycles. The molecule has 0 radical (unpaired) electrons. The monoisotopic (exact) mass is 503 g/mol. The summed E-state index contributed by atoms with van der Waals surface area (Å²) in [5.74, 6) is -1.46. The van der Waals surface area contributed by atoms with Crippen LogP contribution in [-0.4, -0.2) is 37.0 Å². The third kappa shape index (κ3) is 6.17. The summed E-state index contributed by atoms with van der Waals surface area (Å²) in [6.45, 7) is 2.03. The summed E-state index contributed by atoms with van der Waals surface area (Å²) in [5, 5.41) is 4.76. The number of rotatable bonds is 8. The van der Waals surface area contributed by atoms with Gasteiger partial charge in [-0.3, -0.25) is 19.7 Å². The van der Waals surface area contributed by atoms with E-state index in [2.05, 4.69) is 10.6 Å². The fourth-order valence-corrected chi connectivity index (χ4v) is 3.46. The van der Waals surface area contributed by atoms with E-state index >= 15 is 0 Å². The standard InChI is InChI=1S/C27H22FN3O6/c1-2-36-21-13-9-20(10-14-21)31-26(34)23(25(33)30-27(31)35)15-17-3-11-22(12-4-17)37-16-24(32)29-19-7-5-18(28)6-8-19/h3-15H,2,16H2,1H3,(H,29,32)(H,30,33,35)/b23-15+. The van der Waals surface area contributed by atoms with Crippen molar-refractivity contribution in [1.82, 2.24) is 5.32 Å². The summed E-state index contributed by atoms with van der Waals surface area (Å²) < 4.78 is 23.8. The number of halogens is 1. The number of nitrogens with zero attached hydrogens (tertiary/aromatic N) is 1. The van der Waals surface area contributed by atoms with Crippen LogP contribution in [0.1, 0.15) is 12.5 Å². The average Bonchev–Trinajstić information content (AvgIpc) is 2.88. The van der Waals surface area contributed by atoms with Crippen LogP contribution in [0.4, 0.5) is 20.6 Å². The minimum Gasteiger partial charge on any atom is -0.494 e. The van der Waals surface area contributed by atoms with Crippen LogP contribution in [0.15, 0.2) is 78.4 Å². The minimum absolute atomic E-state index is 0.221. The van der Waals surface area contributed by atoms with E-state index in [9.17, 15) is 23.6 Å². The number of carbonyl (C=O) groups excluding carboxylic acids is 4. The fraction of sp³-hybridized carbons (Fsp3) is 0.111. The second-order valence-electron chi connectivity index (χ2n) is 7.80. The van der Waals surface area contributed by atoms with Crippen LogP contribution in [0.3, 0.4) is 0 Å². The Kier molecular flexibility index (Phi) is 7.58. The Morgan fingerprint density at radius 1 is 0.919 bits per heavy atom. The maximum absolute atomic E-state index is 13.0. The molecule has 2 N–H and O–H groups in total. The smallest absolute Gasteiger partial charge is 0.335 e. The van der Waals surface area contributed by atoms with Crippen molar-refractivity contribution in [2.24, 2.45) is 0 Å². The van der Waals surface area contributed by atoms with Crippen molar-refractivity contribution in [3.05, 3.63) is 89.8 Å². The van der Waals surface area contributed by atoms with Crippen LogP contribution in [0.25, 0.3) is 6.08 Å². The molecule has 1 aliphatic heterocycles. The molecule has 0 aliphatic carbocycles. The van der Waals surface area contributed by atoms with Crippen molar-refractivity contribution in [1.29, 1.82) is 0 Å². The SMILES string of the molecule is CCOc1ccc(N2C(=O)NC(=O)/C(=C\c3ccc(OCC(=O)Nc4ccc(F)cc4)cc3)C2=O)cc1. The molecule has 1 fully saturated rings. The van der Waals surface area contributed by atoms with Gasteiger partial charge in [0.1, 0.15) is 22.9 Å². The summed E-state index contributed by atoms with van der Waals surface area (Å²) in [5.41, 5.74) is 1.00. The Hall–Kier alpha value is -4.99. The molecule has 5 amide bonds. The predicted molar refractivity (Wildman–Crippen MR) is 134 cm³/mol. The number of ether oxygens (including phenoxy) is 2. The van der Waals surface area contributed by atoms with Crippen molar-refractivity contribution >= 4 is 41.2 Å². The number of imide groups is 2. The van der Waals surface area contributed by atoms with E-state index < -0.39 is 29.6 Å². The Bertz CT molecular complexity index is 1350. The van der Waals surface area contributed by atoms with E-state index in [1.165, 1.54) is 30.3 Å². The van der Waals surface area contributed by atoms with E-state index in [1.54, 1.807) is 48.5 Å². The second kappa shape index (κ2) is 11.2.